The fourth-order valence-electron chi connectivity index (χ4n) is 0.837. The summed E-state index contributed by atoms with van der Waals surface area (Å²) < 4.78 is 0. The van der Waals surface area contributed by atoms with Gasteiger partial charge in [0.25, 0.3) is 0 Å². The van der Waals surface area contributed by atoms with Crippen LogP contribution in [0.5, 0.6) is 0 Å². The summed E-state index contributed by atoms with van der Waals surface area (Å²) in [6.07, 6.45) is 0. The first-order valence-electron chi connectivity index (χ1n) is 3.71. The Morgan fingerprint density at radius 3 is 2.36 bits per heavy atom. The summed E-state index contributed by atoms with van der Waals surface area (Å²) in [5.41, 5.74) is 3.98. The van der Waals surface area contributed by atoms with Crippen LogP contribution in [0.15, 0.2) is 12.1 Å². The highest BCUT2D eigenvalue weighted by molar-refractivity contribution is 7.14. The average molecular weight is 215 g/mol. The van der Waals surface area contributed by atoms with Crippen LogP contribution < -0.4 is 5.73 Å². The molecule has 0 aromatic carbocycles. The molecule has 0 aliphatic carbocycles. The molecule has 6 heteroatoms. The summed E-state index contributed by atoms with van der Waals surface area (Å²) in [7, 11) is 0. The van der Waals surface area contributed by atoms with Gasteiger partial charge in [-0.15, -0.1) is 11.3 Å². The first kappa shape index (κ1) is 10.7. The number of aliphatic carboxylic acids is 1. The molecule has 0 aliphatic rings. The number of thiophene rings is 1. The molecule has 1 rings (SSSR count). The van der Waals surface area contributed by atoms with E-state index in [1.54, 1.807) is 0 Å². The second-order valence-corrected chi connectivity index (χ2v) is 4.06. The Morgan fingerprint density at radius 2 is 2.00 bits per heavy atom. The molecule has 0 radical (unpaired) electrons. The van der Waals surface area contributed by atoms with E-state index in [-0.39, 0.29) is 4.88 Å². The first-order chi connectivity index (χ1) is 6.35. The van der Waals surface area contributed by atoms with Crippen LogP contribution in [0.2, 0.25) is 0 Å². The summed E-state index contributed by atoms with van der Waals surface area (Å²) >= 11 is 0.871. The van der Waals surface area contributed by atoms with Gasteiger partial charge in [0.2, 0.25) is 0 Å². The predicted octanol–water partition coefficient (Wildman–Crippen LogP) is 0.705. The quantitative estimate of drug-likeness (QED) is 0.689. The maximum atomic E-state index is 10.7. The standard InChI is InChI=1S/C8H9NO4S/c1-8(9,7(12)13)5-3-2-4(14-5)6(10)11/h2-3H,9H2,1H3,(H,10,11)(H,12,13)/t8-/m1/s1. The minimum Gasteiger partial charge on any atom is -0.480 e. The number of carboxylic acids is 2. The third-order valence-electron chi connectivity index (χ3n) is 1.77. The van der Waals surface area contributed by atoms with E-state index >= 15 is 0 Å². The van der Waals surface area contributed by atoms with E-state index < -0.39 is 17.5 Å². The van der Waals surface area contributed by atoms with Gasteiger partial charge in [-0.1, -0.05) is 0 Å². The zero-order valence-electron chi connectivity index (χ0n) is 7.35. The molecule has 76 valence electrons. The summed E-state index contributed by atoms with van der Waals surface area (Å²) in [4.78, 5) is 21.7. The molecule has 1 atom stereocenters. The Labute approximate surface area is 83.8 Å². The molecule has 5 nitrogen and oxygen atoms in total. The van der Waals surface area contributed by atoms with Crippen LogP contribution >= 0.6 is 11.3 Å². The van der Waals surface area contributed by atoms with Crippen molar-refractivity contribution in [3.05, 3.63) is 21.9 Å². The molecule has 1 heterocycles. The van der Waals surface area contributed by atoms with E-state index in [2.05, 4.69) is 0 Å². The van der Waals surface area contributed by atoms with Gasteiger partial charge in [0.15, 0.2) is 0 Å². The lowest BCUT2D eigenvalue weighted by Gasteiger charge is -2.16. The first-order valence-corrected chi connectivity index (χ1v) is 4.53. The maximum absolute atomic E-state index is 10.7. The fraction of sp³-hybridized carbons (Fsp3) is 0.250. The Bertz CT molecular complexity index is 382. The smallest absolute Gasteiger partial charge is 0.345 e. The van der Waals surface area contributed by atoms with Gasteiger partial charge in [-0.3, -0.25) is 0 Å². The molecular formula is C8H9NO4S. The average Bonchev–Trinajstić information content (AvgIpc) is 2.51. The fourth-order valence-corrected chi connectivity index (χ4v) is 1.73. The van der Waals surface area contributed by atoms with Crippen molar-refractivity contribution >= 4 is 23.3 Å². The van der Waals surface area contributed by atoms with E-state index in [0.29, 0.717) is 4.88 Å². The number of rotatable bonds is 3. The third kappa shape index (κ3) is 1.75. The van der Waals surface area contributed by atoms with Crippen molar-refractivity contribution in [2.75, 3.05) is 0 Å². The number of hydrogen-bond acceptors (Lipinski definition) is 4. The van der Waals surface area contributed by atoms with E-state index in [0.717, 1.165) is 11.3 Å². The van der Waals surface area contributed by atoms with Gasteiger partial charge in [0, 0.05) is 4.88 Å². The monoisotopic (exact) mass is 215 g/mol. The normalized spacial score (nSPS) is 14.7. The number of aromatic carboxylic acids is 1. The SMILES string of the molecule is C[C@](N)(C(=O)O)c1ccc(C(=O)O)s1. The van der Waals surface area contributed by atoms with E-state index in [1.165, 1.54) is 19.1 Å². The zero-order valence-corrected chi connectivity index (χ0v) is 8.17. The van der Waals surface area contributed by atoms with Crippen LogP contribution in [0.1, 0.15) is 21.5 Å². The second kappa shape index (κ2) is 3.39. The van der Waals surface area contributed by atoms with Gasteiger partial charge >= 0.3 is 11.9 Å². The Balaban J connectivity index is 3.09. The van der Waals surface area contributed by atoms with E-state index in [4.69, 9.17) is 15.9 Å². The molecule has 0 spiro atoms. The lowest BCUT2D eigenvalue weighted by Crippen LogP contribution is -2.40. The van der Waals surface area contributed by atoms with Crippen molar-refractivity contribution in [1.82, 2.24) is 0 Å². The molecule has 0 fully saturated rings. The topological polar surface area (TPSA) is 101 Å². The summed E-state index contributed by atoms with van der Waals surface area (Å²) in [6.45, 7) is 1.33. The van der Waals surface area contributed by atoms with Gasteiger partial charge in [-0.25, -0.2) is 9.59 Å². The predicted molar refractivity (Wildman–Crippen MR) is 50.5 cm³/mol. The van der Waals surface area contributed by atoms with Gasteiger partial charge < -0.3 is 15.9 Å². The van der Waals surface area contributed by atoms with Gasteiger partial charge in [-0.2, -0.15) is 0 Å². The van der Waals surface area contributed by atoms with Crippen molar-refractivity contribution in [1.29, 1.82) is 0 Å². The van der Waals surface area contributed by atoms with Gasteiger partial charge in [0.1, 0.15) is 10.4 Å². The molecular weight excluding hydrogens is 206 g/mol. The highest BCUT2D eigenvalue weighted by Crippen LogP contribution is 2.26. The third-order valence-corrected chi connectivity index (χ3v) is 3.08. The molecule has 14 heavy (non-hydrogen) atoms. The molecule has 0 amide bonds. The largest absolute Gasteiger partial charge is 0.480 e. The van der Waals surface area contributed by atoms with Crippen LogP contribution in [-0.4, -0.2) is 22.2 Å². The lowest BCUT2D eigenvalue weighted by atomic mass is 10.0. The van der Waals surface area contributed by atoms with Crippen LogP contribution in [0.25, 0.3) is 0 Å². The van der Waals surface area contributed by atoms with Crippen LogP contribution in [-0.2, 0) is 10.3 Å². The number of carboxylic acid groups (broad SMARTS) is 2. The van der Waals surface area contributed by atoms with E-state index in [9.17, 15) is 9.59 Å². The van der Waals surface area contributed by atoms with Crippen molar-refractivity contribution in [3.8, 4) is 0 Å². The zero-order chi connectivity index (χ0) is 10.9. The second-order valence-electron chi connectivity index (χ2n) is 2.98. The van der Waals surface area contributed by atoms with Crippen LogP contribution in [0.4, 0.5) is 0 Å². The lowest BCUT2D eigenvalue weighted by molar-refractivity contribution is -0.142. The molecule has 0 saturated heterocycles. The molecule has 1 aromatic heterocycles. The van der Waals surface area contributed by atoms with Crippen molar-refractivity contribution in [2.24, 2.45) is 5.73 Å². The minimum atomic E-state index is -1.53. The van der Waals surface area contributed by atoms with Gasteiger partial charge in [0.05, 0.1) is 0 Å². The Hall–Kier alpha value is -1.40. The molecule has 0 saturated carbocycles. The molecule has 4 N–H and O–H groups in total. The summed E-state index contributed by atoms with van der Waals surface area (Å²) in [5, 5.41) is 17.4. The summed E-state index contributed by atoms with van der Waals surface area (Å²) in [5.74, 6) is -2.27. The number of hydrogen-bond donors (Lipinski definition) is 3. The number of nitrogens with two attached hydrogens (primary N) is 1. The minimum absolute atomic E-state index is 0.0814. The van der Waals surface area contributed by atoms with E-state index in [1.807, 2.05) is 0 Å². The Morgan fingerprint density at radius 1 is 1.43 bits per heavy atom. The molecule has 0 unspecified atom stereocenters. The maximum Gasteiger partial charge on any atom is 0.345 e. The highest BCUT2D eigenvalue weighted by atomic mass is 32.1. The molecule has 0 aliphatic heterocycles. The van der Waals surface area contributed by atoms with Crippen LogP contribution in [0, 0.1) is 0 Å². The molecule has 0 bridgehead atoms. The van der Waals surface area contributed by atoms with Crippen molar-refractivity contribution in [2.45, 2.75) is 12.5 Å². The van der Waals surface area contributed by atoms with Crippen LogP contribution in [0.3, 0.4) is 0 Å². The number of carbonyl (C=O) groups is 2. The van der Waals surface area contributed by atoms with Gasteiger partial charge in [-0.05, 0) is 19.1 Å². The Kier molecular flexibility index (Phi) is 2.59. The highest BCUT2D eigenvalue weighted by Gasteiger charge is 2.32. The van der Waals surface area contributed by atoms with Crippen molar-refractivity contribution in [3.63, 3.8) is 0 Å². The van der Waals surface area contributed by atoms with Crippen molar-refractivity contribution < 1.29 is 19.8 Å². The molecule has 1 aromatic rings. The summed E-state index contributed by atoms with van der Waals surface area (Å²) in [6, 6.07) is 2.76.